The molecular formula is C11H20ClNO2. The monoisotopic (exact) mass is 233 g/mol. The van der Waals surface area contributed by atoms with Gasteiger partial charge in [0.25, 0.3) is 0 Å². The molecule has 0 radical (unpaired) electrons. The first-order valence-electron chi connectivity index (χ1n) is 5.61. The third-order valence-electron chi connectivity index (χ3n) is 2.82. The number of halogens is 1. The third-order valence-corrected chi connectivity index (χ3v) is 3.09. The molecule has 1 amide bonds. The molecule has 15 heavy (non-hydrogen) atoms. The van der Waals surface area contributed by atoms with E-state index in [1.165, 1.54) is 0 Å². The van der Waals surface area contributed by atoms with Gasteiger partial charge in [0.1, 0.15) is 0 Å². The van der Waals surface area contributed by atoms with Crippen molar-refractivity contribution in [2.45, 2.75) is 25.7 Å². The summed E-state index contributed by atoms with van der Waals surface area (Å²) in [6.07, 6.45) is 3.50. The molecule has 4 heteroatoms. The molecule has 0 aromatic rings. The van der Waals surface area contributed by atoms with Crippen molar-refractivity contribution in [3.05, 3.63) is 0 Å². The quantitative estimate of drug-likeness (QED) is 0.679. The number of hydrogen-bond donors (Lipinski definition) is 0. The van der Waals surface area contributed by atoms with Gasteiger partial charge in [-0.3, -0.25) is 4.79 Å². The van der Waals surface area contributed by atoms with Crippen LogP contribution in [-0.4, -0.2) is 43.5 Å². The normalized spacial score (nSPS) is 17.7. The van der Waals surface area contributed by atoms with Crippen molar-refractivity contribution in [1.29, 1.82) is 0 Å². The molecule has 0 spiro atoms. The summed E-state index contributed by atoms with van der Waals surface area (Å²) in [5, 5.41) is 0. The topological polar surface area (TPSA) is 29.5 Å². The second-order valence-corrected chi connectivity index (χ2v) is 4.50. The summed E-state index contributed by atoms with van der Waals surface area (Å²) in [5.41, 5.74) is 0. The zero-order valence-electron chi connectivity index (χ0n) is 9.38. The predicted octanol–water partition coefficient (Wildman–Crippen LogP) is 1.89. The largest absolute Gasteiger partial charge is 0.381 e. The van der Waals surface area contributed by atoms with Gasteiger partial charge in [-0.15, -0.1) is 11.6 Å². The first kappa shape index (κ1) is 12.8. The van der Waals surface area contributed by atoms with E-state index in [1.807, 2.05) is 11.9 Å². The lowest BCUT2D eigenvalue weighted by molar-refractivity contribution is -0.130. The molecule has 0 atom stereocenters. The Hall–Kier alpha value is -0.280. The van der Waals surface area contributed by atoms with Crippen LogP contribution in [0.2, 0.25) is 0 Å². The summed E-state index contributed by atoms with van der Waals surface area (Å²) in [6.45, 7) is 2.55. The number of hydrogen-bond acceptors (Lipinski definition) is 2. The van der Waals surface area contributed by atoms with Crippen LogP contribution in [0.4, 0.5) is 0 Å². The summed E-state index contributed by atoms with van der Waals surface area (Å²) in [5.74, 6) is 1.39. The van der Waals surface area contributed by atoms with E-state index in [2.05, 4.69) is 0 Å². The Morgan fingerprint density at radius 2 is 2.13 bits per heavy atom. The average Bonchev–Trinajstić information content (AvgIpc) is 2.27. The second-order valence-electron chi connectivity index (χ2n) is 4.12. The zero-order valence-corrected chi connectivity index (χ0v) is 10.1. The molecular weight excluding hydrogens is 214 g/mol. The number of ether oxygens (including phenoxy) is 1. The fourth-order valence-corrected chi connectivity index (χ4v) is 1.96. The molecule has 0 unspecified atom stereocenters. The van der Waals surface area contributed by atoms with Gasteiger partial charge in [0.2, 0.25) is 5.91 Å². The maximum atomic E-state index is 11.6. The predicted molar refractivity (Wildman–Crippen MR) is 61.1 cm³/mol. The van der Waals surface area contributed by atoms with Crippen molar-refractivity contribution < 1.29 is 9.53 Å². The molecule has 0 aromatic carbocycles. The van der Waals surface area contributed by atoms with Gasteiger partial charge in [0.15, 0.2) is 0 Å². The van der Waals surface area contributed by atoms with E-state index in [0.717, 1.165) is 39.0 Å². The first-order valence-corrected chi connectivity index (χ1v) is 6.15. The molecule has 0 aromatic heterocycles. The van der Waals surface area contributed by atoms with Crippen LogP contribution in [0.1, 0.15) is 25.7 Å². The molecule has 3 nitrogen and oxygen atoms in total. The van der Waals surface area contributed by atoms with Crippen LogP contribution in [0.3, 0.4) is 0 Å². The van der Waals surface area contributed by atoms with Crippen LogP contribution < -0.4 is 0 Å². The number of carbonyl (C=O) groups is 1. The van der Waals surface area contributed by atoms with Gasteiger partial charge in [-0.2, -0.15) is 0 Å². The molecule has 0 aliphatic carbocycles. The lowest BCUT2D eigenvalue weighted by Crippen LogP contribution is -2.34. The number of carbonyl (C=O) groups excluding carboxylic acids is 1. The van der Waals surface area contributed by atoms with E-state index >= 15 is 0 Å². The highest BCUT2D eigenvalue weighted by atomic mass is 35.5. The molecule has 1 fully saturated rings. The molecule has 1 heterocycles. The van der Waals surface area contributed by atoms with E-state index in [4.69, 9.17) is 16.3 Å². The Labute approximate surface area is 96.7 Å². The van der Waals surface area contributed by atoms with Crippen molar-refractivity contribution in [2.24, 2.45) is 5.92 Å². The minimum absolute atomic E-state index is 0.210. The number of nitrogens with zero attached hydrogens (tertiary/aromatic N) is 1. The number of rotatable bonds is 5. The van der Waals surface area contributed by atoms with Crippen LogP contribution >= 0.6 is 11.6 Å². The Morgan fingerprint density at radius 1 is 1.47 bits per heavy atom. The summed E-state index contributed by atoms with van der Waals surface area (Å²) in [4.78, 5) is 13.4. The fraction of sp³-hybridized carbons (Fsp3) is 0.909. The lowest BCUT2D eigenvalue weighted by Gasteiger charge is -2.27. The minimum Gasteiger partial charge on any atom is -0.381 e. The number of alkyl halides is 1. The molecule has 1 saturated heterocycles. The van der Waals surface area contributed by atoms with Gasteiger partial charge in [0.05, 0.1) is 0 Å². The van der Waals surface area contributed by atoms with Crippen LogP contribution in [0.25, 0.3) is 0 Å². The number of amides is 1. The van der Waals surface area contributed by atoms with E-state index < -0.39 is 0 Å². The van der Waals surface area contributed by atoms with Crippen LogP contribution in [-0.2, 0) is 9.53 Å². The summed E-state index contributed by atoms with van der Waals surface area (Å²) in [7, 11) is 1.88. The summed E-state index contributed by atoms with van der Waals surface area (Å²) >= 11 is 5.55. The first-order chi connectivity index (χ1) is 7.24. The van der Waals surface area contributed by atoms with Gasteiger partial charge in [-0.05, 0) is 25.2 Å². The van der Waals surface area contributed by atoms with Crippen molar-refractivity contribution in [3.63, 3.8) is 0 Å². The maximum absolute atomic E-state index is 11.6. The summed E-state index contributed by atoms with van der Waals surface area (Å²) in [6, 6.07) is 0. The van der Waals surface area contributed by atoms with E-state index in [-0.39, 0.29) is 5.91 Å². The van der Waals surface area contributed by atoms with Crippen LogP contribution in [0.15, 0.2) is 0 Å². The molecule has 1 aliphatic heterocycles. The Bertz CT molecular complexity index is 193. The van der Waals surface area contributed by atoms with Gasteiger partial charge < -0.3 is 9.64 Å². The third kappa shape index (κ3) is 4.85. The summed E-state index contributed by atoms with van der Waals surface area (Å²) < 4.78 is 5.29. The van der Waals surface area contributed by atoms with Gasteiger partial charge in [-0.1, -0.05) is 0 Å². The lowest BCUT2D eigenvalue weighted by atomic mass is 10.00. The van der Waals surface area contributed by atoms with Gasteiger partial charge in [-0.25, -0.2) is 0 Å². The molecule has 88 valence electrons. The van der Waals surface area contributed by atoms with Crippen LogP contribution in [0, 0.1) is 5.92 Å². The van der Waals surface area contributed by atoms with E-state index in [9.17, 15) is 4.79 Å². The molecule has 1 aliphatic rings. The average molecular weight is 234 g/mol. The van der Waals surface area contributed by atoms with E-state index in [1.54, 1.807) is 0 Å². The molecule has 0 saturated carbocycles. The van der Waals surface area contributed by atoms with Gasteiger partial charge in [0, 0.05) is 39.1 Å². The van der Waals surface area contributed by atoms with E-state index in [0.29, 0.717) is 18.2 Å². The second kappa shape index (κ2) is 7.07. The van der Waals surface area contributed by atoms with Crippen molar-refractivity contribution in [2.75, 3.05) is 32.7 Å². The van der Waals surface area contributed by atoms with Crippen molar-refractivity contribution in [1.82, 2.24) is 4.90 Å². The highest BCUT2D eigenvalue weighted by Gasteiger charge is 2.17. The minimum atomic E-state index is 0.210. The fourth-order valence-electron chi connectivity index (χ4n) is 1.83. The maximum Gasteiger partial charge on any atom is 0.222 e. The zero-order chi connectivity index (χ0) is 11.1. The standard InChI is InChI=1S/C11H20ClNO2/c1-13(11(14)3-2-6-12)9-10-4-7-15-8-5-10/h10H,2-9H2,1H3. The smallest absolute Gasteiger partial charge is 0.222 e. The van der Waals surface area contributed by atoms with Crippen molar-refractivity contribution >= 4 is 17.5 Å². The van der Waals surface area contributed by atoms with Crippen LogP contribution in [0.5, 0.6) is 0 Å². The Balaban J connectivity index is 2.20. The Kier molecular flexibility index (Phi) is 6.03. The molecule has 0 N–H and O–H groups in total. The molecule has 0 bridgehead atoms. The van der Waals surface area contributed by atoms with Gasteiger partial charge >= 0.3 is 0 Å². The molecule has 1 rings (SSSR count). The SMILES string of the molecule is CN(CC1CCOCC1)C(=O)CCCCl. The highest BCUT2D eigenvalue weighted by molar-refractivity contribution is 6.17. The van der Waals surface area contributed by atoms with Crippen molar-refractivity contribution in [3.8, 4) is 0 Å². The Morgan fingerprint density at radius 3 is 2.73 bits per heavy atom. The highest BCUT2D eigenvalue weighted by Crippen LogP contribution is 2.15.